The molecule has 0 saturated heterocycles. The van der Waals surface area contributed by atoms with Crippen LogP contribution in [0.2, 0.25) is 10.0 Å². The molecule has 4 rings (SSSR count). The Morgan fingerprint density at radius 1 is 1.00 bits per heavy atom. The average molecular weight is 674 g/mol. The third-order valence-corrected chi connectivity index (χ3v) is 7.41. The maximum Gasteiger partial charge on any atom is 0.337 e. The number of ether oxygens (including phenoxy) is 5. The number of carbonyl (C=O) groups is 2. The van der Waals surface area contributed by atoms with Gasteiger partial charge in [0, 0.05) is 5.70 Å². The predicted octanol–water partition coefficient (Wildman–Crippen LogP) is 5.10. The number of rotatable bonds is 14. The zero-order valence-electron chi connectivity index (χ0n) is 25.6. The highest BCUT2D eigenvalue weighted by Gasteiger charge is 2.32. The first-order valence-corrected chi connectivity index (χ1v) is 14.9. The summed E-state index contributed by atoms with van der Waals surface area (Å²) in [6, 6.07) is 14.3. The fraction of sp³-hybridized carbons (Fsp3) is 0.281. The number of aliphatic hydroxyl groups is 1. The molecule has 0 fully saturated rings. The van der Waals surface area contributed by atoms with E-state index in [1.165, 1.54) is 20.4 Å². The van der Waals surface area contributed by atoms with Crippen LogP contribution < -0.4 is 35.0 Å². The molecule has 0 spiro atoms. The second kappa shape index (κ2) is 16.1. The molecule has 14 heteroatoms. The van der Waals surface area contributed by atoms with Gasteiger partial charge in [0.1, 0.15) is 13.2 Å². The van der Waals surface area contributed by atoms with E-state index < -0.39 is 24.3 Å². The molecular weight excluding hydrogens is 639 g/mol. The van der Waals surface area contributed by atoms with Crippen molar-refractivity contribution < 1.29 is 38.4 Å². The van der Waals surface area contributed by atoms with Gasteiger partial charge in [-0.1, -0.05) is 35.3 Å². The van der Waals surface area contributed by atoms with E-state index in [1.54, 1.807) is 62.4 Å². The summed E-state index contributed by atoms with van der Waals surface area (Å²) in [6.07, 6.45) is 0.345. The van der Waals surface area contributed by atoms with Gasteiger partial charge in [-0.25, -0.2) is 9.59 Å². The number of hydrazone groups is 1. The van der Waals surface area contributed by atoms with Crippen molar-refractivity contribution >= 4 is 41.4 Å². The van der Waals surface area contributed by atoms with Gasteiger partial charge in [-0.15, -0.1) is 0 Å². The number of esters is 1. The highest BCUT2D eigenvalue weighted by atomic mass is 35.5. The minimum atomic E-state index is -1.17. The molecule has 3 aromatic carbocycles. The lowest BCUT2D eigenvalue weighted by Crippen LogP contribution is -2.45. The molecule has 244 valence electrons. The lowest BCUT2D eigenvalue weighted by atomic mass is 9.95. The van der Waals surface area contributed by atoms with Crippen LogP contribution >= 0.6 is 23.2 Å². The molecule has 1 aliphatic heterocycles. The van der Waals surface area contributed by atoms with Gasteiger partial charge in [-0.2, -0.15) is 5.10 Å². The standard InChI is InChI=1S/C32H34Cl2N4O8/c1-5-44-27-14-21(30-29(31(40)43-4)18(2)36-32(41)37-30)8-11-25(27)46-17-28(39)38-35-15-19-7-10-24(26(13-19)42-3)45-16-20-6-9-22(33)23(34)12-20/h6-15,28,30,38-39H,5,16-17H2,1-4H3,(H2,36,37,41)/b35-15-/t28-,30-/m1/s1. The second-order valence-corrected chi connectivity index (χ2v) is 10.7. The van der Waals surface area contributed by atoms with E-state index in [9.17, 15) is 14.7 Å². The van der Waals surface area contributed by atoms with Crippen LogP contribution in [0.3, 0.4) is 0 Å². The zero-order valence-corrected chi connectivity index (χ0v) is 27.1. The van der Waals surface area contributed by atoms with E-state index in [0.29, 0.717) is 56.5 Å². The van der Waals surface area contributed by atoms with Gasteiger partial charge in [0.25, 0.3) is 0 Å². The second-order valence-electron chi connectivity index (χ2n) is 9.86. The molecular formula is C32H34Cl2N4O8. The van der Waals surface area contributed by atoms with Crippen molar-refractivity contribution in [1.29, 1.82) is 0 Å². The summed E-state index contributed by atoms with van der Waals surface area (Å²) in [6.45, 7) is 3.85. The van der Waals surface area contributed by atoms with Gasteiger partial charge in [0.15, 0.2) is 29.2 Å². The van der Waals surface area contributed by atoms with E-state index in [-0.39, 0.29) is 18.8 Å². The quantitative estimate of drug-likeness (QED) is 0.0794. The van der Waals surface area contributed by atoms with Crippen LogP contribution in [-0.2, 0) is 16.1 Å². The molecule has 0 unspecified atom stereocenters. The number of nitrogens with zero attached hydrogens (tertiary/aromatic N) is 1. The Morgan fingerprint density at radius 2 is 1.76 bits per heavy atom. The number of halogens is 2. The molecule has 1 heterocycles. The van der Waals surface area contributed by atoms with Gasteiger partial charge in [-0.3, -0.25) is 5.43 Å². The van der Waals surface area contributed by atoms with Crippen molar-refractivity contribution in [2.24, 2.45) is 5.10 Å². The Labute approximate surface area is 276 Å². The van der Waals surface area contributed by atoms with Crippen LogP contribution in [0, 0.1) is 0 Å². The van der Waals surface area contributed by atoms with E-state index >= 15 is 0 Å². The minimum Gasteiger partial charge on any atom is -0.493 e. The van der Waals surface area contributed by atoms with Gasteiger partial charge in [0.05, 0.1) is 48.7 Å². The first-order chi connectivity index (χ1) is 22.1. The fourth-order valence-corrected chi connectivity index (χ4v) is 4.81. The lowest BCUT2D eigenvalue weighted by molar-refractivity contribution is -0.136. The summed E-state index contributed by atoms with van der Waals surface area (Å²) in [4.78, 5) is 24.6. The third kappa shape index (κ3) is 8.75. The number of carbonyl (C=O) groups excluding carboxylic acids is 2. The molecule has 2 atom stereocenters. The normalized spacial score (nSPS) is 15.1. The van der Waals surface area contributed by atoms with Crippen LogP contribution in [0.5, 0.6) is 23.0 Å². The van der Waals surface area contributed by atoms with E-state index in [0.717, 1.165) is 5.56 Å². The number of methoxy groups -OCH3 is 2. The Hall–Kier alpha value is -4.65. The first kappa shape index (κ1) is 34.2. The summed E-state index contributed by atoms with van der Waals surface area (Å²) >= 11 is 12.1. The lowest BCUT2D eigenvalue weighted by Gasteiger charge is -2.28. The molecule has 0 aliphatic carbocycles. The smallest absolute Gasteiger partial charge is 0.337 e. The summed E-state index contributed by atoms with van der Waals surface area (Å²) < 4.78 is 27.8. The average Bonchev–Trinajstić information content (AvgIpc) is 3.04. The maximum atomic E-state index is 12.4. The monoisotopic (exact) mass is 672 g/mol. The topological polar surface area (TPSA) is 149 Å². The number of aliphatic hydroxyl groups excluding tert-OH is 1. The molecule has 12 nitrogen and oxygen atoms in total. The van der Waals surface area contributed by atoms with E-state index in [1.807, 2.05) is 6.07 Å². The van der Waals surface area contributed by atoms with Crippen molar-refractivity contribution in [3.05, 3.63) is 92.6 Å². The highest BCUT2D eigenvalue weighted by Crippen LogP contribution is 2.35. The first-order valence-electron chi connectivity index (χ1n) is 14.1. The van der Waals surface area contributed by atoms with Crippen LogP contribution in [-0.4, -0.2) is 57.0 Å². The molecule has 1 aliphatic rings. The van der Waals surface area contributed by atoms with Crippen LogP contribution in [0.25, 0.3) is 0 Å². The Morgan fingerprint density at radius 3 is 2.48 bits per heavy atom. The van der Waals surface area contributed by atoms with Gasteiger partial charge >= 0.3 is 12.0 Å². The number of allylic oxidation sites excluding steroid dienone is 1. The molecule has 3 aromatic rings. The van der Waals surface area contributed by atoms with Gasteiger partial charge < -0.3 is 39.4 Å². The fourth-order valence-electron chi connectivity index (χ4n) is 4.49. The summed E-state index contributed by atoms with van der Waals surface area (Å²) in [5, 5.41) is 20.8. The predicted molar refractivity (Wildman–Crippen MR) is 173 cm³/mol. The molecule has 0 radical (unpaired) electrons. The number of urea groups is 1. The molecule has 2 amide bonds. The highest BCUT2D eigenvalue weighted by molar-refractivity contribution is 6.42. The summed E-state index contributed by atoms with van der Waals surface area (Å²) in [7, 11) is 2.80. The van der Waals surface area contributed by atoms with Crippen molar-refractivity contribution in [2.45, 2.75) is 32.7 Å². The molecule has 0 bridgehead atoms. The Kier molecular flexibility index (Phi) is 12.0. The largest absolute Gasteiger partial charge is 0.493 e. The minimum absolute atomic E-state index is 0.169. The van der Waals surface area contributed by atoms with Crippen LogP contribution in [0.4, 0.5) is 4.79 Å². The molecule has 0 saturated carbocycles. The van der Waals surface area contributed by atoms with Crippen molar-refractivity contribution in [3.63, 3.8) is 0 Å². The summed E-state index contributed by atoms with van der Waals surface area (Å²) in [5.74, 6) is 1.15. The molecule has 4 N–H and O–H groups in total. The molecule has 46 heavy (non-hydrogen) atoms. The van der Waals surface area contributed by atoms with E-state index in [2.05, 4.69) is 21.2 Å². The Balaban J connectivity index is 1.36. The number of amides is 2. The van der Waals surface area contributed by atoms with Crippen molar-refractivity contribution in [3.8, 4) is 23.0 Å². The van der Waals surface area contributed by atoms with Gasteiger partial charge in [0.2, 0.25) is 0 Å². The number of benzene rings is 3. The number of hydrogen-bond acceptors (Lipinski definition) is 10. The maximum absolute atomic E-state index is 12.4. The third-order valence-electron chi connectivity index (χ3n) is 6.68. The van der Waals surface area contributed by atoms with Crippen LogP contribution in [0.15, 0.2) is 71.0 Å². The number of hydrogen-bond donors (Lipinski definition) is 4. The molecule has 0 aromatic heterocycles. The van der Waals surface area contributed by atoms with Gasteiger partial charge in [-0.05, 0) is 73.0 Å². The van der Waals surface area contributed by atoms with E-state index in [4.69, 9.17) is 46.9 Å². The SMILES string of the molecule is CCOc1cc([C@H]2NC(=O)NC(C)=C2C(=O)OC)ccc1OC[C@@H](O)N/N=C\c1ccc(OCc2ccc(Cl)c(Cl)c2)c(OC)c1. The summed E-state index contributed by atoms with van der Waals surface area (Å²) in [5.41, 5.74) is 5.38. The Bertz CT molecular complexity index is 1630. The zero-order chi connectivity index (χ0) is 33.2. The van der Waals surface area contributed by atoms with Crippen molar-refractivity contribution in [1.82, 2.24) is 16.1 Å². The number of nitrogens with one attached hydrogen (secondary N) is 3. The van der Waals surface area contributed by atoms with Crippen LogP contribution in [0.1, 0.15) is 36.6 Å². The van der Waals surface area contributed by atoms with Crippen molar-refractivity contribution in [2.75, 3.05) is 27.4 Å².